The summed E-state index contributed by atoms with van der Waals surface area (Å²) in [5.74, 6) is 0.147. The van der Waals surface area contributed by atoms with Crippen LogP contribution in [0.15, 0.2) is 41.3 Å². The van der Waals surface area contributed by atoms with E-state index in [2.05, 4.69) is 6.92 Å². The van der Waals surface area contributed by atoms with Crippen LogP contribution in [0.2, 0.25) is 0 Å². The van der Waals surface area contributed by atoms with Gasteiger partial charge in [0.2, 0.25) is 0 Å². The van der Waals surface area contributed by atoms with Gasteiger partial charge in [-0.05, 0) is 49.4 Å². The zero-order chi connectivity index (χ0) is 19.8. The Bertz CT molecular complexity index is 1080. The van der Waals surface area contributed by atoms with Gasteiger partial charge >= 0.3 is 0 Å². The minimum atomic E-state index is -0.302. The number of aromatic nitrogens is 1. The quantitative estimate of drug-likeness (QED) is 0.655. The Balaban J connectivity index is 1.75. The molecule has 0 aliphatic carbocycles. The van der Waals surface area contributed by atoms with Crippen LogP contribution in [0.1, 0.15) is 40.6 Å². The van der Waals surface area contributed by atoms with Crippen LogP contribution in [0.5, 0.6) is 0 Å². The number of aryl methyl sites for hydroxylation is 1. The topological polar surface area (TPSA) is 42.3 Å². The second-order valence-electron chi connectivity index (χ2n) is 7.65. The predicted octanol–water partition coefficient (Wildman–Crippen LogP) is 4.43. The van der Waals surface area contributed by atoms with Gasteiger partial charge < -0.3 is 9.47 Å². The van der Waals surface area contributed by atoms with Crippen LogP contribution in [0, 0.1) is 18.7 Å². The number of rotatable bonds is 3. The van der Waals surface area contributed by atoms with Crippen LogP contribution in [-0.4, -0.2) is 28.5 Å². The highest BCUT2D eigenvalue weighted by molar-refractivity contribution is 7.19. The lowest BCUT2D eigenvalue weighted by Crippen LogP contribution is -2.39. The SMILES string of the molecule is Cc1sc2ccn(Cc3ccc(F)cc3)c(=O)c2c1C(=O)N1CCC[C@@H](C)C1. The first-order valence-corrected chi connectivity index (χ1v) is 10.4. The highest BCUT2D eigenvalue weighted by Crippen LogP contribution is 2.30. The summed E-state index contributed by atoms with van der Waals surface area (Å²) in [4.78, 5) is 29.2. The number of carbonyl (C=O) groups excluding carboxylic acids is 1. The molecular weight excluding hydrogens is 375 g/mol. The number of amides is 1. The first-order valence-electron chi connectivity index (χ1n) is 9.60. The van der Waals surface area contributed by atoms with Gasteiger partial charge in [0.1, 0.15) is 5.82 Å². The molecule has 0 unspecified atom stereocenters. The van der Waals surface area contributed by atoms with E-state index in [1.807, 2.05) is 17.9 Å². The summed E-state index contributed by atoms with van der Waals surface area (Å²) >= 11 is 1.49. The van der Waals surface area contributed by atoms with Crippen molar-refractivity contribution in [2.75, 3.05) is 13.1 Å². The molecule has 2 aromatic heterocycles. The Morgan fingerprint density at radius 1 is 1.25 bits per heavy atom. The molecule has 3 aromatic rings. The Kier molecular flexibility index (Phi) is 5.06. The van der Waals surface area contributed by atoms with E-state index in [0.29, 0.717) is 23.4 Å². The molecule has 1 fully saturated rings. The van der Waals surface area contributed by atoms with Crippen LogP contribution >= 0.6 is 11.3 Å². The summed E-state index contributed by atoms with van der Waals surface area (Å²) in [6.45, 7) is 5.91. The van der Waals surface area contributed by atoms with Gasteiger partial charge in [-0.3, -0.25) is 9.59 Å². The normalized spacial score (nSPS) is 17.2. The first kappa shape index (κ1) is 18.9. The molecule has 0 bridgehead atoms. The van der Waals surface area contributed by atoms with E-state index in [1.165, 1.54) is 23.5 Å². The van der Waals surface area contributed by atoms with Crippen LogP contribution in [0.3, 0.4) is 0 Å². The number of fused-ring (bicyclic) bond motifs is 1. The minimum absolute atomic E-state index is 0.0352. The molecule has 0 N–H and O–H groups in total. The summed E-state index contributed by atoms with van der Waals surface area (Å²) in [7, 11) is 0. The Morgan fingerprint density at radius 2 is 2.00 bits per heavy atom. The summed E-state index contributed by atoms with van der Waals surface area (Å²) in [5.41, 5.74) is 1.22. The van der Waals surface area contributed by atoms with Gasteiger partial charge in [0, 0.05) is 28.9 Å². The van der Waals surface area contributed by atoms with Crippen LogP contribution < -0.4 is 5.56 Å². The maximum Gasteiger partial charge on any atom is 0.260 e. The van der Waals surface area contributed by atoms with E-state index in [4.69, 9.17) is 0 Å². The third-order valence-corrected chi connectivity index (χ3v) is 6.49. The van der Waals surface area contributed by atoms with E-state index >= 15 is 0 Å². The lowest BCUT2D eigenvalue weighted by Gasteiger charge is -2.31. The van der Waals surface area contributed by atoms with Crippen molar-refractivity contribution in [1.82, 2.24) is 9.47 Å². The van der Waals surface area contributed by atoms with Crippen molar-refractivity contribution < 1.29 is 9.18 Å². The zero-order valence-electron chi connectivity index (χ0n) is 16.1. The first-order chi connectivity index (χ1) is 13.4. The van der Waals surface area contributed by atoms with E-state index in [-0.39, 0.29) is 17.3 Å². The lowest BCUT2D eigenvalue weighted by molar-refractivity contribution is 0.0685. The smallest absolute Gasteiger partial charge is 0.260 e. The number of hydrogen-bond donors (Lipinski definition) is 0. The maximum absolute atomic E-state index is 13.2. The molecular formula is C22H23FN2O2S. The molecule has 4 nitrogen and oxygen atoms in total. The molecule has 0 radical (unpaired) electrons. The van der Waals surface area contributed by atoms with Gasteiger partial charge in [0.15, 0.2) is 0 Å². The molecule has 1 aromatic carbocycles. The third kappa shape index (κ3) is 3.49. The summed E-state index contributed by atoms with van der Waals surface area (Å²) < 4.78 is 15.6. The molecule has 0 saturated carbocycles. The monoisotopic (exact) mass is 398 g/mol. The molecule has 1 atom stereocenters. The second kappa shape index (κ2) is 7.51. The van der Waals surface area contributed by atoms with Crippen molar-refractivity contribution in [3.63, 3.8) is 0 Å². The number of hydrogen-bond acceptors (Lipinski definition) is 3. The lowest BCUT2D eigenvalue weighted by atomic mass is 9.99. The van der Waals surface area contributed by atoms with Crippen molar-refractivity contribution in [3.05, 3.63) is 68.7 Å². The number of pyridine rings is 1. The van der Waals surface area contributed by atoms with E-state index in [9.17, 15) is 14.0 Å². The van der Waals surface area contributed by atoms with Gasteiger partial charge in [0.25, 0.3) is 11.5 Å². The van der Waals surface area contributed by atoms with Gasteiger partial charge in [0.05, 0.1) is 17.5 Å². The predicted molar refractivity (Wildman–Crippen MR) is 111 cm³/mol. The number of piperidine rings is 1. The highest BCUT2D eigenvalue weighted by Gasteiger charge is 2.27. The average molecular weight is 399 g/mol. The van der Waals surface area contributed by atoms with E-state index < -0.39 is 0 Å². The summed E-state index contributed by atoms with van der Waals surface area (Å²) in [5, 5.41) is 0.510. The second-order valence-corrected chi connectivity index (χ2v) is 8.90. The molecule has 146 valence electrons. The zero-order valence-corrected chi connectivity index (χ0v) is 16.9. The van der Waals surface area contributed by atoms with Crippen molar-refractivity contribution in [2.24, 2.45) is 5.92 Å². The molecule has 28 heavy (non-hydrogen) atoms. The van der Waals surface area contributed by atoms with E-state index in [0.717, 1.165) is 41.1 Å². The largest absolute Gasteiger partial charge is 0.338 e. The van der Waals surface area contributed by atoms with Crippen molar-refractivity contribution in [3.8, 4) is 0 Å². The molecule has 1 aliphatic rings. The van der Waals surface area contributed by atoms with Gasteiger partial charge in [-0.1, -0.05) is 19.1 Å². The number of benzene rings is 1. The average Bonchev–Trinajstić information content (AvgIpc) is 3.02. The fourth-order valence-electron chi connectivity index (χ4n) is 3.97. The molecule has 4 rings (SSSR count). The van der Waals surface area contributed by atoms with Gasteiger partial charge in [-0.15, -0.1) is 11.3 Å². The number of carbonyl (C=O) groups is 1. The fraction of sp³-hybridized carbons (Fsp3) is 0.364. The van der Waals surface area contributed by atoms with Crippen LogP contribution in [0.25, 0.3) is 10.1 Å². The highest BCUT2D eigenvalue weighted by atomic mass is 32.1. The van der Waals surface area contributed by atoms with Crippen LogP contribution in [-0.2, 0) is 6.54 Å². The number of likely N-dealkylation sites (tertiary alicyclic amines) is 1. The summed E-state index contributed by atoms with van der Waals surface area (Å²) in [6.07, 6.45) is 3.89. The Hall–Kier alpha value is -2.47. The van der Waals surface area contributed by atoms with Crippen molar-refractivity contribution in [1.29, 1.82) is 0 Å². The molecule has 1 saturated heterocycles. The number of thiophene rings is 1. The molecule has 0 spiro atoms. The van der Waals surface area contributed by atoms with Crippen LogP contribution in [0.4, 0.5) is 4.39 Å². The standard InChI is InChI=1S/C22H23FN2O2S/c1-14-4-3-10-24(12-14)21(26)19-15(2)28-18-9-11-25(22(27)20(18)19)13-16-5-7-17(23)8-6-16/h5-9,11,14H,3-4,10,12-13H2,1-2H3/t14-/m1/s1. The van der Waals surface area contributed by atoms with Gasteiger partial charge in [-0.2, -0.15) is 0 Å². The van der Waals surface area contributed by atoms with E-state index in [1.54, 1.807) is 22.9 Å². The van der Waals surface area contributed by atoms with Gasteiger partial charge in [-0.25, -0.2) is 4.39 Å². The molecule has 3 heterocycles. The van der Waals surface area contributed by atoms with Crippen molar-refractivity contribution >= 4 is 27.3 Å². The molecule has 1 aliphatic heterocycles. The number of halogens is 1. The fourth-order valence-corrected chi connectivity index (χ4v) is 5.01. The molecule has 6 heteroatoms. The number of nitrogens with zero attached hydrogens (tertiary/aromatic N) is 2. The maximum atomic E-state index is 13.2. The van der Waals surface area contributed by atoms with Crippen molar-refractivity contribution in [2.45, 2.75) is 33.2 Å². The Labute approximate surface area is 167 Å². The Morgan fingerprint density at radius 3 is 2.71 bits per heavy atom. The molecule has 1 amide bonds. The third-order valence-electron chi connectivity index (χ3n) is 5.42. The minimum Gasteiger partial charge on any atom is -0.338 e. The summed E-state index contributed by atoms with van der Waals surface area (Å²) in [6, 6.07) is 8.02.